The van der Waals surface area contributed by atoms with Crippen LogP contribution in [-0.2, 0) is 6.54 Å². The highest BCUT2D eigenvalue weighted by atomic mass is 32.1. The third-order valence-corrected chi connectivity index (χ3v) is 3.08. The zero-order valence-corrected chi connectivity index (χ0v) is 9.00. The van der Waals surface area contributed by atoms with Crippen molar-refractivity contribution in [1.82, 2.24) is 9.55 Å². The molecule has 15 heavy (non-hydrogen) atoms. The van der Waals surface area contributed by atoms with E-state index >= 15 is 0 Å². The Morgan fingerprint density at radius 2 is 2.33 bits per heavy atom. The molecule has 3 nitrogen and oxygen atoms in total. The van der Waals surface area contributed by atoms with Crippen LogP contribution in [0.4, 0.5) is 8.78 Å². The largest absolute Gasteiger partial charge is 0.323 e. The summed E-state index contributed by atoms with van der Waals surface area (Å²) in [6, 6.07) is 1.59. The molecule has 0 fully saturated rings. The molecule has 2 aromatic heterocycles. The van der Waals surface area contributed by atoms with Crippen molar-refractivity contribution < 1.29 is 8.78 Å². The zero-order valence-electron chi connectivity index (χ0n) is 7.37. The fraction of sp³-hybridized carbons (Fsp3) is 0.250. The van der Waals surface area contributed by atoms with Crippen LogP contribution in [0.15, 0.2) is 16.2 Å². The van der Waals surface area contributed by atoms with Gasteiger partial charge in [0.25, 0.3) is 12.0 Å². The van der Waals surface area contributed by atoms with Gasteiger partial charge in [0.05, 0.1) is 11.9 Å². The van der Waals surface area contributed by atoms with Crippen molar-refractivity contribution in [3.05, 3.63) is 26.6 Å². The van der Waals surface area contributed by atoms with E-state index in [4.69, 9.17) is 12.2 Å². The van der Waals surface area contributed by atoms with Gasteiger partial charge in [0.2, 0.25) is 0 Å². The van der Waals surface area contributed by atoms with E-state index < -0.39 is 18.5 Å². The normalized spacial score (nSPS) is 11.4. The number of nitrogens with one attached hydrogen (secondary N) is 1. The predicted octanol–water partition coefficient (Wildman–Crippen LogP) is 2.39. The lowest BCUT2D eigenvalue weighted by molar-refractivity contribution is 0.124. The third-order valence-electron chi connectivity index (χ3n) is 1.93. The van der Waals surface area contributed by atoms with E-state index in [0.29, 0.717) is 10.2 Å². The molecule has 0 aliphatic carbocycles. The summed E-state index contributed by atoms with van der Waals surface area (Å²) in [5.41, 5.74) is -0.463. The van der Waals surface area contributed by atoms with Crippen LogP contribution >= 0.6 is 23.6 Å². The highest BCUT2D eigenvalue weighted by molar-refractivity contribution is 7.71. The fourth-order valence-electron chi connectivity index (χ4n) is 1.28. The first-order valence-electron chi connectivity index (χ1n) is 4.08. The molecule has 0 unspecified atom stereocenters. The second kappa shape index (κ2) is 3.82. The summed E-state index contributed by atoms with van der Waals surface area (Å²) in [6.07, 6.45) is -2.59. The van der Waals surface area contributed by atoms with Crippen molar-refractivity contribution in [3.8, 4) is 0 Å². The summed E-state index contributed by atoms with van der Waals surface area (Å²) in [5.74, 6) is 0. The molecule has 0 spiro atoms. The second-order valence-corrected chi connectivity index (χ2v) is 4.20. The van der Waals surface area contributed by atoms with E-state index in [1.807, 2.05) is 0 Å². The first-order valence-corrected chi connectivity index (χ1v) is 5.37. The van der Waals surface area contributed by atoms with Crippen LogP contribution in [-0.4, -0.2) is 16.0 Å². The summed E-state index contributed by atoms with van der Waals surface area (Å²) in [6.45, 7) is -0.667. The van der Waals surface area contributed by atoms with E-state index in [9.17, 15) is 13.6 Å². The number of alkyl halides is 2. The zero-order chi connectivity index (χ0) is 11.0. The van der Waals surface area contributed by atoms with Crippen molar-refractivity contribution >= 4 is 33.8 Å². The Morgan fingerprint density at radius 3 is 3.00 bits per heavy atom. The molecule has 2 heterocycles. The minimum absolute atomic E-state index is 0.0373. The molecule has 80 valence electrons. The molecule has 7 heteroatoms. The fourth-order valence-corrected chi connectivity index (χ4v) is 2.38. The highest BCUT2D eigenvalue weighted by Gasteiger charge is 2.10. The van der Waals surface area contributed by atoms with Gasteiger partial charge in [-0.1, -0.05) is 0 Å². The number of hydrogen-bond acceptors (Lipinski definition) is 3. The maximum Gasteiger partial charge on any atom is 0.263 e. The van der Waals surface area contributed by atoms with Gasteiger partial charge < -0.3 is 4.98 Å². The number of rotatable bonds is 2. The minimum Gasteiger partial charge on any atom is -0.323 e. The molecule has 0 atom stereocenters. The second-order valence-electron chi connectivity index (χ2n) is 2.90. The van der Waals surface area contributed by atoms with Crippen molar-refractivity contribution in [3.63, 3.8) is 0 Å². The first-order chi connectivity index (χ1) is 7.09. The number of hydrogen-bond donors (Lipinski definition) is 1. The van der Waals surface area contributed by atoms with Gasteiger partial charge in [0.1, 0.15) is 4.83 Å². The average Bonchev–Trinajstić information content (AvgIpc) is 2.59. The highest BCUT2D eigenvalue weighted by Crippen LogP contribution is 2.14. The molecule has 0 amide bonds. The van der Waals surface area contributed by atoms with Gasteiger partial charge in [0.15, 0.2) is 4.77 Å². The van der Waals surface area contributed by atoms with Gasteiger partial charge >= 0.3 is 0 Å². The van der Waals surface area contributed by atoms with E-state index in [0.717, 1.165) is 4.57 Å². The van der Waals surface area contributed by atoms with E-state index in [2.05, 4.69) is 4.98 Å². The van der Waals surface area contributed by atoms with Crippen molar-refractivity contribution in [2.45, 2.75) is 13.0 Å². The van der Waals surface area contributed by atoms with Gasteiger partial charge in [-0.25, -0.2) is 8.78 Å². The van der Waals surface area contributed by atoms with Gasteiger partial charge in [-0.05, 0) is 23.7 Å². The van der Waals surface area contributed by atoms with Crippen LogP contribution in [0.5, 0.6) is 0 Å². The summed E-state index contributed by atoms with van der Waals surface area (Å²) in [4.78, 5) is 15.1. The maximum atomic E-state index is 12.2. The molecular weight excluding hydrogens is 242 g/mol. The summed E-state index contributed by atoms with van der Waals surface area (Å²) in [7, 11) is 0. The number of thiophene rings is 1. The van der Waals surface area contributed by atoms with Crippen molar-refractivity contribution in [2.24, 2.45) is 0 Å². The van der Waals surface area contributed by atoms with Gasteiger partial charge in [-0.2, -0.15) is 0 Å². The van der Waals surface area contributed by atoms with Crippen LogP contribution < -0.4 is 5.56 Å². The average molecular weight is 248 g/mol. The lowest BCUT2D eigenvalue weighted by Gasteiger charge is -2.04. The lowest BCUT2D eigenvalue weighted by atomic mass is 10.4. The predicted molar refractivity (Wildman–Crippen MR) is 57.3 cm³/mol. The molecule has 0 saturated carbocycles. The lowest BCUT2D eigenvalue weighted by Crippen LogP contribution is -2.24. The summed E-state index contributed by atoms with van der Waals surface area (Å²) >= 11 is 6.15. The summed E-state index contributed by atoms with van der Waals surface area (Å²) < 4.78 is 25.3. The van der Waals surface area contributed by atoms with Crippen LogP contribution in [0.1, 0.15) is 0 Å². The first kappa shape index (κ1) is 10.4. The standard InChI is InChI=1S/C8H6F2N2OS2/c9-5(10)3-12-7(13)4-1-2-15-6(4)11-8(12)14/h1-2,5H,3H2,(H,11,14). The van der Waals surface area contributed by atoms with Gasteiger partial charge in [-0.15, -0.1) is 11.3 Å². The minimum atomic E-state index is -2.59. The SMILES string of the molecule is O=c1c2ccsc2[nH]c(=S)n1CC(F)F. The van der Waals surface area contributed by atoms with Gasteiger partial charge in [-0.3, -0.25) is 9.36 Å². The Balaban J connectivity index is 2.73. The number of halogens is 2. The molecule has 0 bridgehead atoms. The monoisotopic (exact) mass is 248 g/mol. The Kier molecular flexibility index (Phi) is 2.66. The Morgan fingerprint density at radius 1 is 1.60 bits per heavy atom. The Hall–Kier alpha value is -1.08. The number of aromatic nitrogens is 2. The van der Waals surface area contributed by atoms with E-state index in [1.54, 1.807) is 11.4 Å². The summed E-state index contributed by atoms with van der Waals surface area (Å²) in [5, 5.41) is 2.11. The van der Waals surface area contributed by atoms with Gasteiger partial charge in [0, 0.05) is 0 Å². The molecule has 0 saturated heterocycles. The molecular formula is C8H6F2N2OS2. The topological polar surface area (TPSA) is 37.8 Å². The molecule has 0 radical (unpaired) electrons. The smallest absolute Gasteiger partial charge is 0.263 e. The number of fused-ring (bicyclic) bond motifs is 1. The van der Waals surface area contributed by atoms with Crippen LogP contribution in [0.2, 0.25) is 0 Å². The Bertz CT molecular complexity index is 598. The number of aromatic amines is 1. The van der Waals surface area contributed by atoms with Crippen LogP contribution in [0.25, 0.3) is 10.2 Å². The van der Waals surface area contributed by atoms with Crippen molar-refractivity contribution in [1.29, 1.82) is 0 Å². The van der Waals surface area contributed by atoms with Crippen molar-refractivity contribution in [2.75, 3.05) is 0 Å². The number of nitrogens with zero attached hydrogens (tertiary/aromatic N) is 1. The van der Waals surface area contributed by atoms with Crippen LogP contribution in [0, 0.1) is 4.77 Å². The molecule has 1 N–H and O–H groups in total. The van der Waals surface area contributed by atoms with Crippen LogP contribution in [0.3, 0.4) is 0 Å². The quantitative estimate of drug-likeness (QED) is 0.829. The molecule has 2 aromatic rings. The van der Waals surface area contributed by atoms with E-state index in [1.165, 1.54) is 11.3 Å². The molecule has 0 aliphatic heterocycles. The Labute approximate surface area is 92.0 Å². The molecule has 0 aliphatic rings. The number of H-pyrrole nitrogens is 1. The van der Waals surface area contributed by atoms with E-state index in [-0.39, 0.29) is 4.77 Å². The molecule has 2 rings (SSSR count). The maximum absolute atomic E-state index is 12.2. The molecule has 0 aromatic carbocycles. The third kappa shape index (κ3) is 1.84.